The van der Waals surface area contributed by atoms with Crippen LogP contribution in [-0.4, -0.2) is 30.7 Å². The standard InChI is InChI=1S/C25H21N5OS/c1-16(24(31)27-21-14-8-6-12-19(21)18-10-4-3-5-11-18)32-25-28-22-15-9-7-13-20(22)23-26-17(2)29-30(23)25/h3-16H,1-2H3,(H,27,31). The van der Waals surface area contributed by atoms with E-state index in [4.69, 9.17) is 4.98 Å². The minimum atomic E-state index is -0.389. The molecule has 1 unspecified atom stereocenters. The third-order valence-electron chi connectivity index (χ3n) is 5.18. The first-order chi connectivity index (χ1) is 15.6. The van der Waals surface area contributed by atoms with Gasteiger partial charge in [0.1, 0.15) is 5.82 Å². The van der Waals surface area contributed by atoms with E-state index < -0.39 is 0 Å². The Bertz CT molecular complexity index is 1430. The first-order valence-electron chi connectivity index (χ1n) is 10.3. The fraction of sp³-hybridized carbons (Fsp3) is 0.120. The van der Waals surface area contributed by atoms with E-state index in [1.54, 1.807) is 4.52 Å². The molecule has 0 spiro atoms. The monoisotopic (exact) mass is 439 g/mol. The van der Waals surface area contributed by atoms with Crippen molar-refractivity contribution < 1.29 is 4.79 Å². The number of nitrogens with one attached hydrogen (secondary N) is 1. The summed E-state index contributed by atoms with van der Waals surface area (Å²) in [6.07, 6.45) is 0. The zero-order valence-electron chi connectivity index (χ0n) is 17.7. The second-order valence-electron chi connectivity index (χ2n) is 7.47. The molecule has 5 rings (SSSR count). The lowest BCUT2D eigenvalue weighted by Gasteiger charge is -2.15. The van der Waals surface area contributed by atoms with Gasteiger partial charge in [0, 0.05) is 16.6 Å². The van der Waals surface area contributed by atoms with Gasteiger partial charge in [-0.05, 0) is 37.6 Å². The normalized spacial score (nSPS) is 12.2. The van der Waals surface area contributed by atoms with Gasteiger partial charge in [0.2, 0.25) is 5.91 Å². The average molecular weight is 440 g/mol. The fourth-order valence-corrected chi connectivity index (χ4v) is 4.48. The van der Waals surface area contributed by atoms with Gasteiger partial charge in [-0.2, -0.15) is 4.52 Å². The number of benzene rings is 3. The molecular weight excluding hydrogens is 418 g/mol. The van der Waals surface area contributed by atoms with Gasteiger partial charge in [-0.3, -0.25) is 4.79 Å². The molecule has 0 saturated heterocycles. The van der Waals surface area contributed by atoms with Crippen molar-refractivity contribution in [1.82, 2.24) is 19.6 Å². The van der Waals surface area contributed by atoms with Gasteiger partial charge < -0.3 is 5.32 Å². The van der Waals surface area contributed by atoms with Crippen molar-refractivity contribution in [1.29, 1.82) is 0 Å². The number of aryl methyl sites for hydroxylation is 1. The summed E-state index contributed by atoms with van der Waals surface area (Å²) in [5, 5.41) is 8.78. The number of anilines is 1. The van der Waals surface area contributed by atoms with Gasteiger partial charge in [-0.1, -0.05) is 72.4 Å². The third kappa shape index (κ3) is 3.83. The van der Waals surface area contributed by atoms with Crippen LogP contribution in [0.25, 0.3) is 27.7 Å². The van der Waals surface area contributed by atoms with E-state index in [-0.39, 0.29) is 11.2 Å². The Kier molecular flexibility index (Phi) is 5.33. The van der Waals surface area contributed by atoms with Crippen LogP contribution in [0.3, 0.4) is 0 Å². The highest BCUT2D eigenvalue weighted by Crippen LogP contribution is 2.30. The molecule has 0 saturated carbocycles. The molecule has 0 aliphatic carbocycles. The number of carbonyl (C=O) groups excluding carboxylic acids is 1. The SMILES string of the molecule is Cc1nc2c3ccccc3nc(SC(C)C(=O)Nc3ccccc3-c3ccccc3)n2n1. The van der Waals surface area contributed by atoms with Crippen LogP contribution in [0, 0.1) is 6.92 Å². The Hall–Kier alpha value is -3.71. The molecule has 2 aromatic heterocycles. The third-order valence-corrected chi connectivity index (χ3v) is 6.22. The van der Waals surface area contributed by atoms with E-state index in [9.17, 15) is 4.79 Å². The zero-order chi connectivity index (χ0) is 22.1. The van der Waals surface area contributed by atoms with Crippen LogP contribution in [-0.2, 0) is 4.79 Å². The van der Waals surface area contributed by atoms with Gasteiger partial charge in [0.05, 0.1) is 10.8 Å². The number of nitrogens with zero attached hydrogens (tertiary/aromatic N) is 4. The van der Waals surface area contributed by atoms with Crippen molar-refractivity contribution in [2.75, 3.05) is 5.32 Å². The molecule has 0 aliphatic heterocycles. The van der Waals surface area contributed by atoms with Crippen LogP contribution in [0.2, 0.25) is 0 Å². The molecule has 0 fully saturated rings. The van der Waals surface area contributed by atoms with Crippen molar-refractivity contribution in [2.24, 2.45) is 0 Å². The highest BCUT2D eigenvalue weighted by Gasteiger charge is 2.20. The van der Waals surface area contributed by atoms with E-state index in [1.807, 2.05) is 92.7 Å². The van der Waals surface area contributed by atoms with E-state index in [0.29, 0.717) is 11.0 Å². The highest BCUT2D eigenvalue weighted by molar-refractivity contribution is 8.00. The highest BCUT2D eigenvalue weighted by atomic mass is 32.2. The predicted octanol–water partition coefficient (Wildman–Crippen LogP) is 5.37. The number of para-hydroxylation sites is 2. The topological polar surface area (TPSA) is 72.2 Å². The lowest BCUT2D eigenvalue weighted by Crippen LogP contribution is -2.23. The zero-order valence-corrected chi connectivity index (χ0v) is 18.5. The Morgan fingerprint density at radius 3 is 2.50 bits per heavy atom. The minimum Gasteiger partial charge on any atom is -0.325 e. The molecule has 2 heterocycles. The molecule has 3 aromatic carbocycles. The summed E-state index contributed by atoms with van der Waals surface area (Å²) in [4.78, 5) is 22.4. The van der Waals surface area contributed by atoms with Crippen molar-refractivity contribution in [2.45, 2.75) is 24.3 Å². The Labute approximate surface area is 189 Å². The second kappa shape index (κ2) is 8.43. The maximum absolute atomic E-state index is 13.1. The van der Waals surface area contributed by atoms with Crippen molar-refractivity contribution >= 4 is 39.9 Å². The number of amides is 1. The van der Waals surface area contributed by atoms with Gasteiger partial charge in [0.25, 0.3) is 0 Å². The number of carbonyl (C=O) groups is 1. The number of hydrogen-bond acceptors (Lipinski definition) is 5. The molecule has 6 nitrogen and oxygen atoms in total. The number of thioether (sulfide) groups is 1. The van der Waals surface area contributed by atoms with Gasteiger partial charge in [-0.15, -0.1) is 5.10 Å². The first kappa shape index (κ1) is 20.2. The molecule has 1 N–H and O–H groups in total. The van der Waals surface area contributed by atoms with E-state index >= 15 is 0 Å². The summed E-state index contributed by atoms with van der Waals surface area (Å²) in [6, 6.07) is 25.7. The van der Waals surface area contributed by atoms with E-state index in [2.05, 4.69) is 15.4 Å². The summed E-state index contributed by atoms with van der Waals surface area (Å²) in [6.45, 7) is 3.73. The molecule has 0 radical (unpaired) electrons. The first-order valence-corrected chi connectivity index (χ1v) is 11.2. The van der Waals surface area contributed by atoms with Crippen LogP contribution in [0.5, 0.6) is 0 Å². The van der Waals surface area contributed by atoms with Crippen LogP contribution in [0.15, 0.2) is 84.0 Å². The van der Waals surface area contributed by atoms with Gasteiger partial charge >= 0.3 is 0 Å². The smallest absolute Gasteiger partial charge is 0.237 e. The predicted molar refractivity (Wildman–Crippen MR) is 129 cm³/mol. The van der Waals surface area contributed by atoms with Crippen LogP contribution in [0.4, 0.5) is 5.69 Å². The fourth-order valence-electron chi connectivity index (χ4n) is 3.62. The van der Waals surface area contributed by atoms with Crippen LogP contribution >= 0.6 is 11.8 Å². The Morgan fingerprint density at radius 2 is 1.66 bits per heavy atom. The van der Waals surface area contributed by atoms with E-state index in [1.165, 1.54) is 11.8 Å². The summed E-state index contributed by atoms with van der Waals surface area (Å²) in [7, 11) is 0. The molecule has 0 bridgehead atoms. The van der Waals surface area contributed by atoms with E-state index in [0.717, 1.165) is 33.4 Å². The van der Waals surface area contributed by atoms with Crippen molar-refractivity contribution in [3.63, 3.8) is 0 Å². The summed E-state index contributed by atoms with van der Waals surface area (Å²) >= 11 is 1.37. The molecular formula is C25H21N5OS. The number of rotatable bonds is 5. The number of aromatic nitrogens is 4. The second-order valence-corrected chi connectivity index (χ2v) is 8.77. The molecule has 7 heteroatoms. The molecule has 1 atom stereocenters. The number of fused-ring (bicyclic) bond motifs is 3. The Balaban J connectivity index is 1.43. The molecule has 0 aliphatic rings. The largest absolute Gasteiger partial charge is 0.325 e. The lowest BCUT2D eigenvalue weighted by molar-refractivity contribution is -0.115. The molecule has 158 valence electrons. The average Bonchev–Trinajstić information content (AvgIpc) is 3.22. The Morgan fingerprint density at radius 1 is 0.938 bits per heavy atom. The molecule has 1 amide bonds. The van der Waals surface area contributed by atoms with Gasteiger partial charge in [0.15, 0.2) is 10.8 Å². The van der Waals surface area contributed by atoms with Crippen molar-refractivity contribution in [3.05, 3.63) is 84.7 Å². The van der Waals surface area contributed by atoms with Crippen LogP contribution < -0.4 is 5.32 Å². The summed E-state index contributed by atoms with van der Waals surface area (Å²) < 4.78 is 1.73. The molecule has 5 aromatic rings. The lowest BCUT2D eigenvalue weighted by atomic mass is 10.0. The van der Waals surface area contributed by atoms with Gasteiger partial charge in [-0.25, -0.2) is 9.97 Å². The maximum atomic E-state index is 13.1. The maximum Gasteiger partial charge on any atom is 0.237 e. The summed E-state index contributed by atoms with van der Waals surface area (Å²) in [5.74, 6) is 0.567. The number of hydrogen-bond donors (Lipinski definition) is 1. The quantitative estimate of drug-likeness (QED) is 0.294. The molecule has 32 heavy (non-hydrogen) atoms. The summed E-state index contributed by atoms with van der Waals surface area (Å²) in [5.41, 5.74) is 4.40. The minimum absolute atomic E-state index is 0.0988. The van der Waals surface area contributed by atoms with Crippen molar-refractivity contribution in [3.8, 4) is 11.1 Å². The van der Waals surface area contributed by atoms with Crippen LogP contribution in [0.1, 0.15) is 12.7 Å².